The van der Waals surface area contributed by atoms with Crippen LogP contribution in [0.4, 0.5) is 0 Å². The summed E-state index contributed by atoms with van der Waals surface area (Å²) in [6.07, 6.45) is 5.77. The zero-order chi connectivity index (χ0) is 9.26. The average molecular weight is 286 g/mol. The Hall–Kier alpha value is -0.710. The van der Waals surface area contributed by atoms with E-state index in [-0.39, 0.29) is 0 Å². The second kappa shape index (κ2) is 3.57. The summed E-state index contributed by atoms with van der Waals surface area (Å²) < 4.78 is 7.40. The third-order valence-corrected chi connectivity index (χ3v) is 7.02. The molecule has 0 unspecified atom stereocenters. The fourth-order valence-electron chi connectivity index (χ4n) is 1.09. The first-order valence-electron chi connectivity index (χ1n) is 4.10. The molecule has 1 aromatic heterocycles. The Balaban J connectivity index is 2.36. The van der Waals surface area contributed by atoms with Crippen LogP contribution < -0.4 is 0 Å². The molecule has 2 heterocycles. The van der Waals surface area contributed by atoms with Gasteiger partial charge >= 0.3 is 85.6 Å². The van der Waals surface area contributed by atoms with E-state index in [1.165, 1.54) is 12.7 Å². The van der Waals surface area contributed by atoms with Crippen LogP contribution in [0.25, 0.3) is 0 Å². The number of aromatic nitrogens is 1. The molecule has 68 valence electrons. The summed E-state index contributed by atoms with van der Waals surface area (Å²) >= 11 is -1.38. The van der Waals surface area contributed by atoms with Gasteiger partial charge in [0.05, 0.1) is 0 Å². The van der Waals surface area contributed by atoms with Gasteiger partial charge in [0.1, 0.15) is 0 Å². The first kappa shape index (κ1) is 8.87. The second-order valence-electron chi connectivity index (χ2n) is 2.88. The van der Waals surface area contributed by atoms with Crippen LogP contribution in [0.2, 0.25) is 0 Å². The Labute approximate surface area is 85.5 Å². The van der Waals surface area contributed by atoms with Gasteiger partial charge in [-0.25, -0.2) is 0 Å². The van der Waals surface area contributed by atoms with Crippen LogP contribution in [0, 0.1) is 3.57 Å². The molecule has 0 aromatic carbocycles. The zero-order valence-electron chi connectivity index (χ0n) is 7.66. The Morgan fingerprint density at radius 3 is 2.69 bits per heavy atom. The van der Waals surface area contributed by atoms with Crippen molar-refractivity contribution < 1.29 is 0 Å². The van der Waals surface area contributed by atoms with Crippen LogP contribution in [0.1, 0.15) is 13.8 Å². The molecule has 0 bridgehead atoms. The molecule has 0 spiro atoms. The molecule has 3 heteroatoms. The average Bonchev–Trinajstić information content (AvgIpc) is 2.49. The Morgan fingerprint density at radius 1 is 1.31 bits per heavy atom. The summed E-state index contributed by atoms with van der Waals surface area (Å²) in [6.45, 7) is 4.33. The summed E-state index contributed by atoms with van der Waals surface area (Å²) in [4.78, 5) is 4.13. The summed E-state index contributed by atoms with van der Waals surface area (Å²) in [6, 6.07) is 4.13. The molecule has 0 aliphatic carbocycles. The molecule has 2 nitrogen and oxygen atoms in total. The summed E-state index contributed by atoms with van der Waals surface area (Å²) in [7, 11) is 0. The number of halogens is 1. The monoisotopic (exact) mass is 286 g/mol. The molecule has 0 fully saturated rings. The summed E-state index contributed by atoms with van der Waals surface area (Å²) in [5, 5.41) is 0. The molecule has 1 aliphatic rings. The molecule has 0 N–H and O–H groups in total. The first-order valence-corrected chi connectivity index (χ1v) is 7.23. The van der Waals surface area contributed by atoms with Crippen LogP contribution in [0.5, 0.6) is 0 Å². The molecule has 1 aliphatic heterocycles. The Morgan fingerprint density at radius 2 is 2.15 bits per heavy atom. The zero-order valence-corrected chi connectivity index (χ0v) is 9.82. The van der Waals surface area contributed by atoms with E-state index in [0.29, 0.717) is 0 Å². The van der Waals surface area contributed by atoms with Crippen molar-refractivity contribution in [1.82, 2.24) is 4.98 Å². The van der Waals surface area contributed by atoms with Crippen molar-refractivity contribution in [2.24, 2.45) is 3.21 Å². The molecule has 0 radical (unpaired) electrons. The van der Waals surface area contributed by atoms with Gasteiger partial charge in [-0.2, -0.15) is 0 Å². The van der Waals surface area contributed by atoms with E-state index >= 15 is 0 Å². The van der Waals surface area contributed by atoms with Gasteiger partial charge in [0.25, 0.3) is 0 Å². The SMILES string of the molecule is CC1=C(C)I(c2cccnc2)N=C1. The van der Waals surface area contributed by atoms with Crippen LogP contribution >= 0.6 is 20.1 Å². The normalized spacial score (nSPS) is 18.5. The van der Waals surface area contributed by atoms with E-state index in [1.54, 1.807) is 0 Å². The van der Waals surface area contributed by atoms with E-state index in [0.717, 1.165) is 0 Å². The second-order valence-corrected chi connectivity index (χ2v) is 7.80. The van der Waals surface area contributed by atoms with Gasteiger partial charge < -0.3 is 0 Å². The standard InChI is InChI=1S/C10H11IN2/c1-8-6-13-11(9(8)2)10-4-3-5-12-7-10/h3-7H,1-2H3. The van der Waals surface area contributed by atoms with Gasteiger partial charge in [-0.3, -0.25) is 0 Å². The third-order valence-electron chi connectivity index (χ3n) is 1.98. The number of allylic oxidation sites excluding steroid dienone is 2. The number of pyridine rings is 1. The predicted octanol–water partition coefficient (Wildman–Crippen LogP) is 3.05. The molecule has 13 heavy (non-hydrogen) atoms. The van der Waals surface area contributed by atoms with Crippen molar-refractivity contribution >= 4 is 26.3 Å². The maximum atomic E-state index is 4.59. The fraction of sp³-hybridized carbons (Fsp3) is 0.200. The molecule has 0 amide bonds. The van der Waals surface area contributed by atoms with E-state index < -0.39 is 20.1 Å². The molecular formula is C10H11IN2. The van der Waals surface area contributed by atoms with E-state index in [1.807, 2.05) is 24.7 Å². The van der Waals surface area contributed by atoms with Crippen molar-refractivity contribution in [2.45, 2.75) is 13.8 Å². The molecule has 1 aromatic rings. The van der Waals surface area contributed by atoms with Crippen LogP contribution in [-0.4, -0.2) is 11.2 Å². The van der Waals surface area contributed by atoms with Gasteiger partial charge in [-0.15, -0.1) is 0 Å². The van der Waals surface area contributed by atoms with Gasteiger partial charge in [-0.05, 0) is 0 Å². The number of rotatable bonds is 1. The minimum absolute atomic E-state index is 1.33. The molecular weight excluding hydrogens is 275 g/mol. The van der Waals surface area contributed by atoms with Crippen LogP contribution in [0.15, 0.2) is 36.9 Å². The third kappa shape index (κ3) is 1.65. The summed E-state index contributed by atoms with van der Waals surface area (Å²) in [5.74, 6) is 0. The first-order chi connectivity index (χ1) is 6.29. The Bertz CT molecular complexity index is 368. The molecule has 0 saturated heterocycles. The quantitative estimate of drug-likeness (QED) is 0.728. The van der Waals surface area contributed by atoms with Crippen LogP contribution in [0.3, 0.4) is 0 Å². The Kier molecular flexibility index (Phi) is 2.44. The van der Waals surface area contributed by atoms with Crippen molar-refractivity contribution in [1.29, 1.82) is 0 Å². The number of hydrogen-bond acceptors (Lipinski definition) is 2. The molecule has 0 saturated carbocycles. The predicted molar refractivity (Wildman–Crippen MR) is 63.8 cm³/mol. The molecule has 2 rings (SSSR count). The van der Waals surface area contributed by atoms with Crippen molar-refractivity contribution in [3.05, 3.63) is 37.2 Å². The van der Waals surface area contributed by atoms with E-state index in [9.17, 15) is 0 Å². The van der Waals surface area contributed by atoms with Gasteiger partial charge in [-0.1, -0.05) is 0 Å². The fourth-order valence-corrected chi connectivity index (χ4v) is 5.38. The van der Waals surface area contributed by atoms with Gasteiger partial charge in [0.15, 0.2) is 0 Å². The minimum atomic E-state index is -1.38. The van der Waals surface area contributed by atoms with Crippen LogP contribution in [-0.2, 0) is 0 Å². The van der Waals surface area contributed by atoms with E-state index in [2.05, 4.69) is 28.1 Å². The van der Waals surface area contributed by atoms with Crippen molar-refractivity contribution in [2.75, 3.05) is 0 Å². The maximum absolute atomic E-state index is 4.59. The molecule has 0 atom stereocenters. The van der Waals surface area contributed by atoms with Gasteiger partial charge in [0.2, 0.25) is 0 Å². The summed E-state index contributed by atoms with van der Waals surface area (Å²) in [5.41, 5.74) is 1.34. The topological polar surface area (TPSA) is 25.2 Å². The van der Waals surface area contributed by atoms with Gasteiger partial charge in [0, 0.05) is 0 Å². The number of nitrogens with zero attached hydrogens (tertiary/aromatic N) is 2. The van der Waals surface area contributed by atoms with Crippen molar-refractivity contribution in [3.8, 4) is 0 Å². The van der Waals surface area contributed by atoms with E-state index in [4.69, 9.17) is 0 Å². The van der Waals surface area contributed by atoms with Crippen molar-refractivity contribution in [3.63, 3.8) is 0 Å². The number of hydrogen-bond donors (Lipinski definition) is 0.